The highest BCUT2D eigenvalue weighted by Crippen LogP contribution is 2.35. The Labute approximate surface area is 144 Å². The predicted molar refractivity (Wildman–Crippen MR) is 92.0 cm³/mol. The number of fused-ring (bicyclic) bond motifs is 1. The molecule has 1 N–H and O–H groups in total. The lowest BCUT2D eigenvalue weighted by Crippen LogP contribution is -2.13. The molecule has 8 heteroatoms. The van der Waals surface area contributed by atoms with Crippen molar-refractivity contribution in [3.63, 3.8) is 0 Å². The molecule has 0 fully saturated rings. The van der Waals surface area contributed by atoms with Crippen molar-refractivity contribution >= 4 is 15.7 Å². The van der Waals surface area contributed by atoms with Crippen molar-refractivity contribution in [1.82, 2.24) is 9.78 Å². The Bertz CT molecular complexity index is 1030. The molecule has 0 radical (unpaired) electrons. The van der Waals surface area contributed by atoms with Gasteiger partial charge in [-0.3, -0.25) is 9.40 Å². The minimum Gasteiger partial charge on any atom is -0.454 e. The second-order valence-electron chi connectivity index (χ2n) is 5.52. The van der Waals surface area contributed by atoms with Gasteiger partial charge >= 0.3 is 0 Å². The quantitative estimate of drug-likeness (QED) is 0.776. The number of rotatable bonds is 4. The molecule has 25 heavy (non-hydrogen) atoms. The van der Waals surface area contributed by atoms with Gasteiger partial charge in [-0.25, -0.2) is 8.42 Å². The molecule has 0 amide bonds. The number of anilines is 1. The van der Waals surface area contributed by atoms with Crippen LogP contribution in [0.25, 0.3) is 11.3 Å². The molecular formula is C17H15N3O4S. The summed E-state index contributed by atoms with van der Waals surface area (Å²) >= 11 is 0. The summed E-state index contributed by atoms with van der Waals surface area (Å²) in [6, 6.07) is 14.0. The van der Waals surface area contributed by atoms with Crippen LogP contribution in [0.1, 0.15) is 0 Å². The molecule has 0 spiro atoms. The third kappa shape index (κ3) is 2.80. The van der Waals surface area contributed by atoms with Crippen molar-refractivity contribution in [1.29, 1.82) is 0 Å². The maximum absolute atomic E-state index is 12.7. The molecule has 0 unspecified atom stereocenters. The van der Waals surface area contributed by atoms with Crippen LogP contribution in [0.2, 0.25) is 0 Å². The van der Waals surface area contributed by atoms with Crippen molar-refractivity contribution in [2.24, 2.45) is 7.05 Å². The zero-order valence-electron chi connectivity index (χ0n) is 13.3. The van der Waals surface area contributed by atoms with Crippen molar-refractivity contribution in [3.8, 4) is 22.8 Å². The monoisotopic (exact) mass is 357 g/mol. The Morgan fingerprint density at radius 3 is 2.64 bits per heavy atom. The van der Waals surface area contributed by atoms with E-state index in [1.165, 1.54) is 18.3 Å². The lowest BCUT2D eigenvalue weighted by molar-refractivity contribution is 0.174. The molecule has 2 heterocycles. The average molecular weight is 357 g/mol. The molecule has 1 aliphatic heterocycles. The fourth-order valence-corrected chi connectivity index (χ4v) is 3.76. The van der Waals surface area contributed by atoms with Gasteiger partial charge in [0.05, 0.1) is 22.5 Å². The van der Waals surface area contributed by atoms with Crippen molar-refractivity contribution in [2.75, 3.05) is 11.5 Å². The van der Waals surface area contributed by atoms with Gasteiger partial charge in [0.15, 0.2) is 11.5 Å². The van der Waals surface area contributed by atoms with Crippen LogP contribution in [0.5, 0.6) is 11.5 Å². The number of benzene rings is 2. The first-order valence-electron chi connectivity index (χ1n) is 7.54. The van der Waals surface area contributed by atoms with Gasteiger partial charge in [-0.1, -0.05) is 30.3 Å². The van der Waals surface area contributed by atoms with E-state index in [9.17, 15) is 8.42 Å². The Hall–Kier alpha value is -3.00. The first-order valence-corrected chi connectivity index (χ1v) is 9.03. The van der Waals surface area contributed by atoms with Gasteiger partial charge in [-0.15, -0.1) is 0 Å². The van der Waals surface area contributed by atoms with E-state index in [4.69, 9.17) is 9.47 Å². The fourth-order valence-electron chi connectivity index (χ4n) is 2.70. The summed E-state index contributed by atoms with van der Waals surface area (Å²) in [6.07, 6.45) is 1.49. The normalized spacial score (nSPS) is 13.0. The molecule has 1 aliphatic rings. The predicted octanol–water partition coefficient (Wildman–Crippen LogP) is 2.62. The Kier molecular flexibility index (Phi) is 3.61. The molecule has 0 atom stereocenters. The van der Waals surface area contributed by atoms with E-state index in [2.05, 4.69) is 9.82 Å². The van der Waals surface area contributed by atoms with Gasteiger partial charge in [-0.2, -0.15) is 5.10 Å². The minimum atomic E-state index is -3.79. The van der Waals surface area contributed by atoms with Gasteiger partial charge in [0, 0.05) is 18.7 Å². The molecular weight excluding hydrogens is 342 g/mol. The van der Waals surface area contributed by atoms with Gasteiger partial charge in [0.2, 0.25) is 6.79 Å². The molecule has 3 aromatic rings. The standard InChI is InChI=1S/C17H15N3O4S/c1-20-17(12-5-3-2-4-6-12)14(10-18-20)19-25(21,22)13-7-8-15-16(9-13)24-11-23-15/h2-10,19H,11H2,1H3. The van der Waals surface area contributed by atoms with Crippen LogP contribution in [-0.4, -0.2) is 25.0 Å². The molecule has 0 saturated carbocycles. The SMILES string of the molecule is Cn1ncc(NS(=O)(=O)c2ccc3c(c2)OCO3)c1-c1ccccc1. The summed E-state index contributed by atoms with van der Waals surface area (Å²) < 4.78 is 40.2. The number of hydrogen-bond donors (Lipinski definition) is 1. The van der Waals surface area contributed by atoms with E-state index in [-0.39, 0.29) is 11.7 Å². The third-order valence-corrected chi connectivity index (χ3v) is 5.25. The van der Waals surface area contributed by atoms with E-state index < -0.39 is 10.0 Å². The van der Waals surface area contributed by atoms with Crippen LogP contribution in [0.4, 0.5) is 5.69 Å². The van der Waals surface area contributed by atoms with Crippen LogP contribution >= 0.6 is 0 Å². The third-order valence-electron chi connectivity index (χ3n) is 3.88. The van der Waals surface area contributed by atoms with E-state index in [0.717, 1.165) is 5.56 Å². The molecule has 0 aliphatic carbocycles. The van der Waals surface area contributed by atoms with Crippen LogP contribution in [-0.2, 0) is 17.1 Å². The number of aryl methyl sites for hydroxylation is 1. The highest BCUT2D eigenvalue weighted by molar-refractivity contribution is 7.92. The lowest BCUT2D eigenvalue weighted by atomic mass is 10.1. The van der Waals surface area contributed by atoms with Gasteiger partial charge in [-0.05, 0) is 12.1 Å². The van der Waals surface area contributed by atoms with Gasteiger partial charge in [0.1, 0.15) is 0 Å². The van der Waals surface area contributed by atoms with Crippen molar-refractivity contribution in [3.05, 3.63) is 54.7 Å². The van der Waals surface area contributed by atoms with Gasteiger partial charge < -0.3 is 9.47 Å². The summed E-state index contributed by atoms with van der Waals surface area (Å²) in [7, 11) is -2.03. The number of aromatic nitrogens is 2. The molecule has 2 aromatic carbocycles. The van der Waals surface area contributed by atoms with E-state index >= 15 is 0 Å². The molecule has 7 nitrogen and oxygen atoms in total. The summed E-state index contributed by atoms with van der Waals surface area (Å²) in [5.74, 6) is 0.947. The second-order valence-corrected chi connectivity index (χ2v) is 7.20. The van der Waals surface area contributed by atoms with E-state index in [1.807, 2.05) is 30.3 Å². The number of nitrogens with one attached hydrogen (secondary N) is 1. The van der Waals surface area contributed by atoms with Crippen molar-refractivity contribution in [2.45, 2.75) is 4.90 Å². The topological polar surface area (TPSA) is 82.5 Å². The highest BCUT2D eigenvalue weighted by Gasteiger charge is 2.22. The zero-order valence-corrected chi connectivity index (χ0v) is 14.2. The Morgan fingerprint density at radius 1 is 1.08 bits per heavy atom. The zero-order chi connectivity index (χ0) is 17.4. The van der Waals surface area contributed by atoms with Crippen LogP contribution in [0, 0.1) is 0 Å². The fraction of sp³-hybridized carbons (Fsp3) is 0.118. The maximum Gasteiger partial charge on any atom is 0.262 e. The largest absolute Gasteiger partial charge is 0.454 e. The van der Waals surface area contributed by atoms with Crippen LogP contribution < -0.4 is 14.2 Å². The molecule has 128 valence electrons. The molecule has 0 saturated heterocycles. The first-order chi connectivity index (χ1) is 12.0. The lowest BCUT2D eigenvalue weighted by Gasteiger charge is -2.10. The average Bonchev–Trinajstić information content (AvgIpc) is 3.21. The van der Waals surface area contributed by atoms with E-state index in [1.54, 1.807) is 17.8 Å². The number of hydrogen-bond acceptors (Lipinski definition) is 5. The Balaban J connectivity index is 1.71. The first kappa shape index (κ1) is 15.5. The molecule has 4 rings (SSSR count). The smallest absolute Gasteiger partial charge is 0.262 e. The maximum atomic E-state index is 12.7. The highest BCUT2D eigenvalue weighted by atomic mass is 32.2. The molecule has 1 aromatic heterocycles. The summed E-state index contributed by atoms with van der Waals surface area (Å²) in [5.41, 5.74) is 1.96. The summed E-state index contributed by atoms with van der Waals surface area (Å²) in [6.45, 7) is 0.0903. The number of nitrogens with zero attached hydrogens (tertiary/aromatic N) is 2. The molecule has 0 bridgehead atoms. The van der Waals surface area contributed by atoms with E-state index in [0.29, 0.717) is 22.9 Å². The number of sulfonamides is 1. The van der Waals surface area contributed by atoms with Gasteiger partial charge in [0.25, 0.3) is 10.0 Å². The van der Waals surface area contributed by atoms with Crippen molar-refractivity contribution < 1.29 is 17.9 Å². The number of ether oxygens (including phenoxy) is 2. The van der Waals surface area contributed by atoms with Crippen LogP contribution in [0.3, 0.4) is 0 Å². The minimum absolute atomic E-state index is 0.0903. The second kappa shape index (κ2) is 5.82. The van der Waals surface area contributed by atoms with Crippen LogP contribution in [0.15, 0.2) is 59.6 Å². The summed E-state index contributed by atoms with van der Waals surface area (Å²) in [5, 5.41) is 4.17. The Morgan fingerprint density at radius 2 is 1.84 bits per heavy atom. The summed E-state index contributed by atoms with van der Waals surface area (Å²) in [4.78, 5) is 0.0969.